The summed E-state index contributed by atoms with van der Waals surface area (Å²) >= 11 is 0. The molecule has 1 aromatic carbocycles. The fraction of sp³-hybridized carbons (Fsp3) is 0.474. The molecule has 8 nitrogen and oxygen atoms in total. The Morgan fingerprint density at radius 2 is 2.04 bits per heavy atom. The largest absolute Gasteiger partial charge is 0.444 e. The Bertz CT molecular complexity index is 862. The molecule has 1 atom stereocenters. The predicted octanol–water partition coefficient (Wildman–Crippen LogP) is 1.61. The Labute approximate surface area is 161 Å². The van der Waals surface area contributed by atoms with Gasteiger partial charge in [0.05, 0.1) is 0 Å². The minimum atomic E-state index is -0.760. The summed E-state index contributed by atoms with van der Waals surface area (Å²) in [5.41, 5.74) is 0.290. The van der Waals surface area contributed by atoms with Gasteiger partial charge in [-0.3, -0.25) is 19.7 Å². The number of carbonyl (C=O) groups is 4. The van der Waals surface area contributed by atoms with Crippen molar-refractivity contribution in [3.8, 4) is 0 Å². The molecule has 0 saturated carbocycles. The van der Waals surface area contributed by atoms with Gasteiger partial charge in [0, 0.05) is 30.6 Å². The molecule has 0 bridgehead atoms. The normalized spacial score (nSPS) is 19.4. The Morgan fingerprint density at radius 1 is 1.32 bits per heavy atom. The maximum absolute atomic E-state index is 14.4. The number of imide groups is 1. The molecule has 1 aromatic rings. The van der Waals surface area contributed by atoms with E-state index in [2.05, 4.69) is 10.6 Å². The zero-order valence-electron chi connectivity index (χ0n) is 15.9. The molecule has 2 N–H and O–H groups in total. The quantitative estimate of drug-likeness (QED) is 0.762. The first kappa shape index (κ1) is 19.8. The molecular weight excluding hydrogens is 369 g/mol. The third kappa shape index (κ3) is 4.13. The van der Waals surface area contributed by atoms with Gasteiger partial charge in [-0.05, 0) is 44.9 Å². The first-order valence-corrected chi connectivity index (χ1v) is 8.98. The number of rotatable bonds is 3. The number of nitrogens with zero attached hydrogens (tertiary/aromatic N) is 1. The van der Waals surface area contributed by atoms with Crippen LogP contribution in [-0.2, 0) is 27.4 Å². The maximum atomic E-state index is 14.4. The van der Waals surface area contributed by atoms with E-state index in [0.29, 0.717) is 5.56 Å². The van der Waals surface area contributed by atoms with E-state index in [1.165, 1.54) is 11.0 Å². The monoisotopic (exact) mass is 391 g/mol. The average molecular weight is 391 g/mol. The molecule has 3 rings (SSSR count). The second kappa shape index (κ2) is 7.21. The van der Waals surface area contributed by atoms with Crippen molar-refractivity contribution in [2.24, 2.45) is 0 Å². The highest BCUT2D eigenvalue weighted by Gasteiger charge is 2.39. The Kier molecular flexibility index (Phi) is 5.10. The molecule has 2 aliphatic heterocycles. The van der Waals surface area contributed by atoms with Gasteiger partial charge in [-0.1, -0.05) is 0 Å². The lowest BCUT2D eigenvalue weighted by Crippen LogP contribution is -2.52. The van der Waals surface area contributed by atoms with Crippen LogP contribution in [0.1, 0.15) is 55.1 Å². The summed E-state index contributed by atoms with van der Waals surface area (Å²) in [6, 6.07) is 1.87. The number of ether oxygens (including phenoxy) is 1. The van der Waals surface area contributed by atoms with E-state index < -0.39 is 35.4 Å². The summed E-state index contributed by atoms with van der Waals surface area (Å²) in [5, 5.41) is 4.70. The van der Waals surface area contributed by atoms with E-state index in [-0.39, 0.29) is 43.0 Å². The molecule has 2 heterocycles. The molecule has 4 amide bonds. The third-order valence-electron chi connectivity index (χ3n) is 4.51. The SMILES string of the molecule is CC(C)(C)OC(=O)NCc1cc2c(cc1F)C(=O)N(C1CCC(=O)NC1=O)C2. The van der Waals surface area contributed by atoms with Crippen molar-refractivity contribution in [2.75, 3.05) is 0 Å². The van der Waals surface area contributed by atoms with Crippen molar-refractivity contribution in [2.45, 2.75) is 58.3 Å². The number of benzene rings is 1. The molecule has 1 unspecified atom stereocenters. The smallest absolute Gasteiger partial charge is 0.407 e. The van der Waals surface area contributed by atoms with Gasteiger partial charge in [-0.25, -0.2) is 9.18 Å². The van der Waals surface area contributed by atoms with E-state index in [1.54, 1.807) is 20.8 Å². The van der Waals surface area contributed by atoms with E-state index in [1.807, 2.05) is 0 Å². The highest BCUT2D eigenvalue weighted by Crippen LogP contribution is 2.29. The molecule has 1 fully saturated rings. The standard InChI is InChI=1S/C19H22FN3O5/c1-19(2,3)28-18(27)21-8-10-6-11-9-23(17(26)12(11)7-13(10)20)14-4-5-15(24)22-16(14)25/h6-7,14H,4-5,8-9H2,1-3H3,(H,21,27)(H,22,24,25). The summed E-state index contributed by atoms with van der Waals surface area (Å²) < 4.78 is 19.5. The fourth-order valence-electron chi connectivity index (χ4n) is 3.26. The van der Waals surface area contributed by atoms with E-state index in [4.69, 9.17) is 4.74 Å². The van der Waals surface area contributed by atoms with Crippen molar-refractivity contribution in [3.63, 3.8) is 0 Å². The Hall–Kier alpha value is -2.97. The van der Waals surface area contributed by atoms with Crippen LogP contribution >= 0.6 is 0 Å². The molecule has 0 radical (unpaired) electrons. The number of carbonyl (C=O) groups excluding carboxylic acids is 4. The first-order chi connectivity index (χ1) is 13.0. The summed E-state index contributed by atoms with van der Waals surface area (Å²) in [7, 11) is 0. The lowest BCUT2D eigenvalue weighted by atomic mass is 10.0. The van der Waals surface area contributed by atoms with Crippen LogP contribution in [0.3, 0.4) is 0 Å². The maximum Gasteiger partial charge on any atom is 0.407 e. The van der Waals surface area contributed by atoms with Crippen LogP contribution in [0.4, 0.5) is 9.18 Å². The van der Waals surface area contributed by atoms with Crippen LogP contribution in [0.25, 0.3) is 0 Å². The molecule has 150 valence electrons. The number of alkyl carbamates (subject to hydrolysis) is 1. The van der Waals surface area contributed by atoms with Crippen LogP contribution in [0.2, 0.25) is 0 Å². The van der Waals surface area contributed by atoms with Gasteiger partial charge in [-0.15, -0.1) is 0 Å². The molecule has 0 spiro atoms. The summed E-state index contributed by atoms with van der Waals surface area (Å²) in [6.07, 6.45) is -0.288. The zero-order chi connectivity index (χ0) is 20.6. The molecule has 0 aromatic heterocycles. The van der Waals surface area contributed by atoms with E-state index >= 15 is 0 Å². The summed E-state index contributed by atoms with van der Waals surface area (Å²) in [6.45, 7) is 5.20. The Balaban J connectivity index is 1.72. The number of halogens is 1. The van der Waals surface area contributed by atoms with Crippen molar-refractivity contribution >= 4 is 23.8 Å². The highest BCUT2D eigenvalue weighted by atomic mass is 19.1. The second-order valence-corrected chi connectivity index (χ2v) is 7.86. The van der Waals surface area contributed by atoms with E-state index in [9.17, 15) is 23.6 Å². The first-order valence-electron chi connectivity index (χ1n) is 8.98. The lowest BCUT2D eigenvalue weighted by Gasteiger charge is -2.29. The van der Waals surface area contributed by atoms with Gasteiger partial charge in [0.25, 0.3) is 5.91 Å². The molecule has 1 saturated heterocycles. The van der Waals surface area contributed by atoms with Gasteiger partial charge < -0.3 is 15.0 Å². The molecular formula is C19H22FN3O5. The zero-order valence-corrected chi connectivity index (χ0v) is 15.9. The molecule has 0 aliphatic carbocycles. The topological polar surface area (TPSA) is 105 Å². The van der Waals surface area contributed by atoms with Crippen LogP contribution in [0.5, 0.6) is 0 Å². The van der Waals surface area contributed by atoms with Crippen molar-refractivity contribution in [1.29, 1.82) is 0 Å². The van der Waals surface area contributed by atoms with Gasteiger partial charge in [-0.2, -0.15) is 0 Å². The number of amides is 4. The summed E-state index contributed by atoms with van der Waals surface area (Å²) in [4.78, 5) is 49.1. The van der Waals surface area contributed by atoms with Crippen molar-refractivity contribution in [1.82, 2.24) is 15.5 Å². The molecule has 28 heavy (non-hydrogen) atoms. The number of hydrogen-bond acceptors (Lipinski definition) is 5. The van der Waals surface area contributed by atoms with Gasteiger partial charge in [0.15, 0.2) is 0 Å². The number of hydrogen-bond donors (Lipinski definition) is 2. The minimum absolute atomic E-state index is 0.0966. The van der Waals surface area contributed by atoms with Gasteiger partial charge >= 0.3 is 6.09 Å². The van der Waals surface area contributed by atoms with Crippen molar-refractivity contribution in [3.05, 3.63) is 34.6 Å². The fourth-order valence-corrected chi connectivity index (χ4v) is 3.26. The molecule has 2 aliphatic rings. The van der Waals surface area contributed by atoms with Crippen LogP contribution in [-0.4, -0.2) is 40.4 Å². The summed E-state index contributed by atoms with van der Waals surface area (Å²) in [5.74, 6) is -1.97. The van der Waals surface area contributed by atoms with E-state index in [0.717, 1.165) is 6.07 Å². The van der Waals surface area contributed by atoms with Crippen LogP contribution < -0.4 is 10.6 Å². The predicted molar refractivity (Wildman–Crippen MR) is 95.5 cm³/mol. The second-order valence-electron chi connectivity index (χ2n) is 7.86. The minimum Gasteiger partial charge on any atom is -0.444 e. The number of fused-ring (bicyclic) bond motifs is 1. The number of nitrogens with one attached hydrogen (secondary N) is 2. The third-order valence-corrected chi connectivity index (χ3v) is 4.51. The number of piperidine rings is 1. The van der Waals surface area contributed by atoms with Crippen LogP contribution in [0, 0.1) is 5.82 Å². The lowest BCUT2D eigenvalue weighted by molar-refractivity contribution is -0.136. The molecule has 9 heteroatoms. The Morgan fingerprint density at radius 3 is 2.68 bits per heavy atom. The average Bonchev–Trinajstić information content (AvgIpc) is 2.87. The highest BCUT2D eigenvalue weighted by molar-refractivity contribution is 6.05. The van der Waals surface area contributed by atoms with Gasteiger partial charge in [0.2, 0.25) is 11.8 Å². The van der Waals surface area contributed by atoms with Crippen LogP contribution in [0.15, 0.2) is 12.1 Å². The van der Waals surface area contributed by atoms with Crippen molar-refractivity contribution < 1.29 is 28.3 Å². The van der Waals surface area contributed by atoms with Gasteiger partial charge in [0.1, 0.15) is 17.5 Å².